The first-order chi connectivity index (χ1) is 6.11. The number of nitrogens with zero attached hydrogens (tertiary/aromatic N) is 1. The lowest BCUT2D eigenvalue weighted by Crippen LogP contribution is -2.21. The number of aryl methyl sites for hydroxylation is 1. The summed E-state index contributed by atoms with van der Waals surface area (Å²) in [5.41, 5.74) is 0.856. The third-order valence-electron chi connectivity index (χ3n) is 1.96. The summed E-state index contributed by atoms with van der Waals surface area (Å²) in [5.74, 6) is 0.107. The van der Waals surface area contributed by atoms with Gasteiger partial charge in [0, 0.05) is 24.7 Å². The predicted octanol–water partition coefficient (Wildman–Crippen LogP) is 1.14. The van der Waals surface area contributed by atoms with Gasteiger partial charge in [-0.05, 0) is 19.9 Å². The molecule has 0 saturated carbocycles. The Hall–Kier alpha value is -1.38. The Balaban J connectivity index is 2.87. The molecule has 1 rings (SSSR count). The first-order valence-electron chi connectivity index (χ1n) is 4.27. The molecule has 0 unspecified atom stereocenters. The van der Waals surface area contributed by atoms with Crippen molar-refractivity contribution in [3.63, 3.8) is 0 Å². The van der Waals surface area contributed by atoms with Gasteiger partial charge in [0.25, 0.3) is 5.56 Å². The second-order valence-corrected chi connectivity index (χ2v) is 3.11. The molecule has 0 N–H and O–H groups in total. The second-order valence-electron chi connectivity index (χ2n) is 3.11. The summed E-state index contributed by atoms with van der Waals surface area (Å²) in [6, 6.07) is 5.09. The van der Waals surface area contributed by atoms with Gasteiger partial charge in [-0.25, -0.2) is 0 Å². The highest BCUT2D eigenvalue weighted by Gasteiger charge is 2.00. The number of carbonyl (C=O) groups is 1. The van der Waals surface area contributed by atoms with Crippen molar-refractivity contribution in [2.24, 2.45) is 0 Å². The van der Waals surface area contributed by atoms with Gasteiger partial charge in [0.15, 0.2) is 0 Å². The largest absolute Gasteiger partial charge is 0.313 e. The van der Waals surface area contributed by atoms with Crippen molar-refractivity contribution >= 4 is 5.78 Å². The van der Waals surface area contributed by atoms with Gasteiger partial charge in [0.05, 0.1) is 0 Å². The molecule has 0 aromatic carbocycles. The van der Waals surface area contributed by atoms with Crippen LogP contribution in [0.5, 0.6) is 0 Å². The van der Waals surface area contributed by atoms with E-state index in [1.807, 2.05) is 13.0 Å². The molecular weight excluding hydrogens is 166 g/mol. The number of pyridine rings is 1. The Morgan fingerprint density at radius 1 is 1.46 bits per heavy atom. The van der Waals surface area contributed by atoms with Gasteiger partial charge in [0.2, 0.25) is 0 Å². The minimum atomic E-state index is -0.0405. The lowest BCUT2D eigenvalue weighted by Gasteiger charge is -2.06. The van der Waals surface area contributed by atoms with Gasteiger partial charge >= 0.3 is 0 Å². The van der Waals surface area contributed by atoms with Crippen molar-refractivity contribution in [1.29, 1.82) is 0 Å². The quantitative estimate of drug-likeness (QED) is 0.697. The third kappa shape index (κ3) is 2.54. The van der Waals surface area contributed by atoms with E-state index in [1.165, 1.54) is 13.0 Å². The van der Waals surface area contributed by atoms with E-state index in [1.54, 1.807) is 10.6 Å². The van der Waals surface area contributed by atoms with Gasteiger partial charge in [-0.1, -0.05) is 6.07 Å². The lowest BCUT2D eigenvalue weighted by molar-refractivity contribution is -0.117. The summed E-state index contributed by atoms with van der Waals surface area (Å²) in [4.78, 5) is 22.0. The number of ketones is 1. The van der Waals surface area contributed by atoms with E-state index < -0.39 is 0 Å². The van der Waals surface area contributed by atoms with Crippen LogP contribution in [0.15, 0.2) is 23.0 Å². The Kier molecular flexibility index (Phi) is 3.01. The Bertz CT molecular complexity index is 365. The maximum atomic E-state index is 11.3. The van der Waals surface area contributed by atoms with Crippen LogP contribution in [0, 0.1) is 6.92 Å². The van der Waals surface area contributed by atoms with Crippen LogP contribution < -0.4 is 5.56 Å². The molecule has 0 fully saturated rings. The summed E-state index contributed by atoms with van der Waals surface area (Å²) in [7, 11) is 0. The van der Waals surface area contributed by atoms with Crippen LogP contribution in [-0.4, -0.2) is 10.4 Å². The maximum absolute atomic E-state index is 11.3. The van der Waals surface area contributed by atoms with E-state index >= 15 is 0 Å². The van der Waals surface area contributed by atoms with Crippen LogP contribution in [-0.2, 0) is 11.3 Å². The highest BCUT2D eigenvalue weighted by atomic mass is 16.1. The fraction of sp³-hybridized carbons (Fsp3) is 0.400. The average molecular weight is 179 g/mol. The maximum Gasteiger partial charge on any atom is 0.250 e. The predicted molar refractivity (Wildman–Crippen MR) is 50.7 cm³/mol. The molecule has 0 radical (unpaired) electrons. The monoisotopic (exact) mass is 179 g/mol. The molecule has 0 atom stereocenters. The summed E-state index contributed by atoms with van der Waals surface area (Å²) in [6.45, 7) is 3.88. The van der Waals surface area contributed by atoms with Gasteiger partial charge in [-0.2, -0.15) is 0 Å². The zero-order valence-corrected chi connectivity index (χ0v) is 7.91. The van der Waals surface area contributed by atoms with Crippen LogP contribution in [0.1, 0.15) is 19.0 Å². The fourth-order valence-electron chi connectivity index (χ4n) is 1.18. The van der Waals surface area contributed by atoms with Crippen LogP contribution in [0.2, 0.25) is 0 Å². The Labute approximate surface area is 77.0 Å². The van der Waals surface area contributed by atoms with Crippen molar-refractivity contribution in [1.82, 2.24) is 4.57 Å². The number of hydrogen-bond acceptors (Lipinski definition) is 2. The van der Waals surface area contributed by atoms with Gasteiger partial charge in [0.1, 0.15) is 5.78 Å². The second kappa shape index (κ2) is 4.03. The SMILES string of the molecule is CC(=O)CCn1c(C)cccc1=O. The van der Waals surface area contributed by atoms with E-state index in [2.05, 4.69) is 0 Å². The molecule has 0 saturated heterocycles. The first kappa shape index (κ1) is 9.71. The molecule has 1 aromatic rings. The standard InChI is InChI=1S/C10H13NO2/c1-8-4-3-5-10(13)11(8)7-6-9(2)12/h3-5H,6-7H2,1-2H3. The molecule has 1 aromatic heterocycles. The highest BCUT2D eigenvalue weighted by Crippen LogP contribution is 1.95. The van der Waals surface area contributed by atoms with Gasteiger partial charge in [-0.3, -0.25) is 9.59 Å². The van der Waals surface area contributed by atoms with Crippen LogP contribution >= 0.6 is 0 Å². The normalized spacial score (nSPS) is 10.0. The number of Topliss-reactive ketones (excluding diaryl/α,β-unsaturated/α-hetero) is 1. The fourth-order valence-corrected chi connectivity index (χ4v) is 1.18. The zero-order chi connectivity index (χ0) is 9.84. The summed E-state index contributed by atoms with van der Waals surface area (Å²) >= 11 is 0. The molecule has 0 aliphatic carbocycles. The molecule has 0 aliphatic heterocycles. The molecule has 3 nitrogen and oxygen atoms in total. The molecule has 0 spiro atoms. The highest BCUT2D eigenvalue weighted by molar-refractivity contribution is 5.75. The van der Waals surface area contributed by atoms with Gasteiger partial charge in [-0.15, -0.1) is 0 Å². The minimum Gasteiger partial charge on any atom is -0.313 e. The molecule has 70 valence electrons. The number of hydrogen-bond donors (Lipinski definition) is 0. The van der Waals surface area contributed by atoms with E-state index in [9.17, 15) is 9.59 Å². The molecular formula is C10H13NO2. The van der Waals surface area contributed by atoms with Crippen molar-refractivity contribution in [2.75, 3.05) is 0 Å². The van der Waals surface area contributed by atoms with Crippen molar-refractivity contribution in [3.8, 4) is 0 Å². The molecule has 1 heterocycles. The van der Waals surface area contributed by atoms with E-state index in [0.29, 0.717) is 13.0 Å². The molecule has 13 heavy (non-hydrogen) atoms. The van der Waals surface area contributed by atoms with Crippen LogP contribution in [0.3, 0.4) is 0 Å². The molecule has 0 amide bonds. The zero-order valence-electron chi connectivity index (χ0n) is 7.91. The average Bonchev–Trinajstić information content (AvgIpc) is 2.03. The smallest absolute Gasteiger partial charge is 0.250 e. The van der Waals surface area contributed by atoms with Crippen LogP contribution in [0.25, 0.3) is 0 Å². The molecule has 0 bridgehead atoms. The van der Waals surface area contributed by atoms with E-state index in [4.69, 9.17) is 0 Å². The van der Waals surface area contributed by atoms with Crippen molar-refractivity contribution in [3.05, 3.63) is 34.2 Å². The number of carbonyl (C=O) groups excluding carboxylic acids is 1. The summed E-state index contributed by atoms with van der Waals surface area (Å²) in [6.07, 6.45) is 0.421. The Morgan fingerprint density at radius 2 is 2.15 bits per heavy atom. The van der Waals surface area contributed by atoms with Crippen molar-refractivity contribution in [2.45, 2.75) is 26.8 Å². The first-order valence-corrected chi connectivity index (χ1v) is 4.27. The summed E-state index contributed by atoms with van der Waals surface area (Å²) < 4.78 is 1.61. The number of rotatable bonds is 3. The van der Waals surface area contributed by atoms with Crippen molar-refractivity contribution < 1.29 is 4.79 Å². The third-order valence-corrected chi connectivity index (χ3v) is 1.96. The Morgan fingerprint density at radius 3 is 2.69 bits per heavy atom. The number of aromatic nitrogens is 1. The minimum absolute atomic E-state index is 0.0405. The van der Waals surface area contributed by atoms with Crippen LogP contribution in [0.4, 0.5) is 0 Å². The molecule has 3 heteroatoms. The lowest BCUT2D eigenvalue weighted by atomic mass is 10.3. The summed E-state index contributed by atoms with van der Waals surface area (Å²) in [5, 5.41) is 0. The van der Waals surface area contributed by atoms with E-state index in [0.717, 1.165) is 5.69 Å². The van der Waals surface area contributed by atoms with E-state index in [-0.39, 0.29) is 11.3 Å². The van der Waals surface area contributed by atoms with Gasteiger partial charge < -0.3 is 4.57 Å². The molecule has 0 aliphatic rings. The topological polar surface area (TPSA) is 39.1 Å².